The third kappa shape index (κ3) is 5.20. The summed E-state index contributed by atoms with van der Waals surface area (Å²) < 4.78 is 5.94. The van der Waals surface area contributed by atoms with Crippen LogP contribution in [0, 0.1) is 0 Å². The summed E-state index contributed by atoms with van der Waals surface area (Å²) in [6.45, 7) is 1.80. The zero-order chi connectivity index (χ0) is 21.6. The maximum absolute atomic E-state index is 12.0. The van der Waals surface area contributed by atoms with Crippen LogP contribution in [0.25, 0.3) is 10.8 Å². The third-order valence-electron chi connectivity index (χ3n) is 5.54. The SMILES string of the molecule is O=C(O)[C@@H](Cc1ccc2ccc(C=NNO)cc2c1)c1ccc(O[C@H]2CCNC2)cc1. The van der Waals surface area contributed by atoms with E-state index < -0.39 is 11.9 Å². The van der Waals surface area contributed by atoms with Crippen LogP contribution >= 0.6 is 0 Å². The number of hydrogen-bond acceptors (Lipinski definition) is 6. The molecule has 7 heteroatoms. The van der Waals surface area contributed by atoms with Crippen LogP contribution in [0.15, 0.2) is 65.8 Å². The van der Waals surface area contributed by atoms with E-state index in [0.717, 1.165) is 52.7 Å². The van der Waals surface area contributed by atoms with E-state index in [2.05, 4.69) is 10.4 Å². The molecule has 4 N–H and O–H groups in total. The molecule has 3 aromatic carbocycles. The molecule has 1 fully saturated rings. The molecule has 4 rings (SSSR count). The first-order valence-electron chi connectivity index (χ1n) is 10.3. The highest BCUT2D eigenvalue weighted by atomic mass is 16.5. The summed E-state index contributed by atoms with van der Waals surface area (Å²) in [6, 6.07) is 19.1. The van der Waals surface area contributed by atoms with Crippen molar-refractivity contribution in [3.8, 4) is 5.75 Å². The number of nitrogens with one attached hydrogen (secondary N) is 2. The average Bonchev–Trinajstić information content (AvgIpc) is 3.29. The lowest BCUT2D eigenvalue weighted by Gasteiger charge is -2.16. The second-order valence-electron chi connectivity index (χ2n) is 7.70. The van der Waals surface area contributed by atoms with Gasteiger partial charge >= 0.3 is 5.97 Å². The Morgan fingerprint density at radius 3 is 2.68 bits per heavy atom. The highest BCUT2D eigenvalue weighted by Gasteiger charge is 2.21. The van der Waals surface area contributed by atoms with Crippen LogP contribution in [0.1, 0.15) is 29.0 Å². The molecule has 0 radical (unpaired) electrons. The molecule has 0 aromatic heterocycles. The maximum atomic E-state index is 12.0. The summed E-state index contributed by atoms with van der Waals surface area (Å²) in [7, 11) is 0. The van der Waals surface area contributed by atoms with Gasteiger partial charge in [0.25, 0.3) is 0 Å². The van der Waals surface area contributed by atoms with Crippen molar-refractivity contribution in [1.82, 2.24) is 10.9 Å². The molecule has 0 spiro atoms. The maximum Gasteiger partial charge on any atom is 0.311 e. The van der Waals surface area contributed by atoms with E-state index in [1.54, 1.807) is 5.59 Å². The number of nitrogens with zero attached hydrogens (tertiary/aromatic N) is 1. The van der Waals surface area contributed by atoms with Gasteiger partial charge in [0, 0.05) is 6.54 Å². The molecule has 7 nitrogen and oxygen atoms in total. The van der Waals surface area contributed by atoms with Gasteiger partial charge in [-0.2, -0.15) is 10.7 Å². The van der Waals surface area contributed by atoms with Crippen molar-refractivity contribution in [3.05, 3.63) is 77.4 Å². The lowest BCUT2D eigenvalue weighted by atomic mass is 9.91. The van der Waals surface area contributed by atoms with Crippen molar-refractivity contribution in [3.63, 3.8) is 0 Å². The quantitative estimate of drug-likeness (QED) is 0.330. The minimum atomic E-state index is -0.858. The number of carboxylic acid groups (broad SMARTS) is 1. The number of carboxylic acids is 1. The summed E-state index contributed by atoms with van der Waals surface area (Å²) in [5.41, 5.74) is 4.26. The van der Waals surface area contributed by atoms with Crippen LogP contribution in [0.3, 0.4) is 0 Å². The van der Waals surface area contributed by atoms with Crippen LogP contribution in [0.5, 0.6) is 5.75 Å². The van der Waals surface area contributed by atoms with Crippen molar-refractivity contribution in [2.75, 3.05) is 13.1 Å². The second kappa shape index (κ2) is 9.59. The molecule has 160 valence electrons. The molecule has 0 amide bonds. The Labute approximate surface area is 180 Å². The number of hydrogen-bond donors (Lipinski definition) is 4. The fourth-order valence-corrected chi connectivity index (χ4v) is 3.91. The van der Waals surface area contributed by atoms with Gasteiger partial charge in [0.1, 0.15) is 11.9 Å². The average molecular weight is 419 g/mol. The Morgan fingerprint density at radius 1 is 1.16 bits per heavy atom. The van der Waals surface area contributed by atoms with Crippen LogP contribution < -0.4 is 15.6 Å². The molecule has 1 aliphatic heterocycles. The minimum Gasteiger partial charge on any atom is -0.489 e. The van der Waals surface area contributed by atoms with Crippen LogP contribution in [-0.2, 0) is 11.2 Å². The number of aliphatic carboxylic acids is 1. The summed E-state index contributed by atoms with van der Waals surface area (Å²) in [5, 5.41) is 27.4. The largest absolute Gasteiger partial charge is 0.489 e. The number of carbonyl (C=O) groups is 1. The number of rotatable bonds is 8. The zero-order valence-electron chi connectivity index (χ0n) is 17.0. The molecule has 1 saturated heterocycles. The fourth-order valence-electron chi connectivity index (χ4n) is 3.91. The Bertz CT molecular complexity index is 1080. The van der Waals surface area contributed by atoms with Crippen molar-refractivity contribution in [2.45, 2.75) is 24.9 Å². The van der Waals surface area contributed by atoms with Crippen LogP contribution in [0.2, 0.25) is 0 Å². The Morgan fingerprint density at radius 2 is 1.97 bits per heavy atom. The first-order valence-corrected chi connectivity index (χ1v) is 10.3. The molecule has 3 aromatic rings. The normalized spacial score (nSPS) is 17.1. The van der Waals surface area contributed by atoms with E-state index in [9.17, 15) is 9.90 Å². The highest BCUT2D eigenvalue weighted by Crippen LogP contribution is 2.26. The van der Waals surface area contributed by atoms with Gasteiger partial charge in [-0.15, -0.1) is 0 Å². The van der Waals surface area contributed by atoms with Gasteiger partial charge in [-0.05, 0) is 65.0 Å². The molecule has 0 bridgehead atoms. The van der Waals surface area contributed by atoms with Gasteiger partial charge < -0.3 is 15.2 Å². The molecular formula is C24H25N3O4. The predicted octanol–water partition coefficient (Wildman–Crippen LogP) is 3.30. The number of fused-ring (bicyclic) bond motifs is 1. The molecule has 1 aliphatic rings. The highest BCUT2D eigenvalue weighted by molar-refractivity contribution is 5.90. The van der Waals surface area contributed by atoms with Gasteiger partial charge in [-0.3, -0.25) is 10.0 Å². The molecule has 0 unspecified atom stereocenters. The fraction of sp³-hybridized carbons (Fsp3) is 0.250. The Balaban J connectivity index is 1.52. The van der Waals surface area contributed by atoms with Crippen LogP contribution in [0.4, 0.5) is 0 Å². The first-order chi connectivity index (χ1) is 15.1. The number of ether oxygens (including phenoxy) is 1. The smallest absolute Gasteiger partial charge is 0.311 e. The molecule has 1 heterocycles. The van der Waals surface area contributed by atoms with Gasteiger partial charge in [0.2, 0.25) is 0 Å². The predicted molar refractivity (Wildman–Crippen MR) is 119 cm³/mol. The van der Waals surface area contributed by atoms with E-state index in [0.29, 0.717) is 6.42 Å². The van der Waals surface area contributed by atoms with Gasteiger partial charge in [-0.25, -0.2) is 0 Å². The summed E-state index contributed by atoms with van der Waals surface area (Å²) in [5.74, 6) is -0.745. The lowest BCUT2D eigenvalue weighted by Crippen LogP contribution is -2.19. The molecule has 2 atom stereocenters. The number of hydrazone groups is 1. The van der Waals surface area contributed by atoms with E-state index in [1.807, 2.05) is 60.7 Å². The van der Waals surface area contributed by atoms with Crippen molar-refractivity contribution >= 4 is 23.0 Å². The Kier molecular flexibility index (Phi) is 6.45. The monoisotopic (exact) mass is 419 g/mol. The van der Waals surface area contributed by atoms with Gasteiger partial charge in [0.15, 0.2) is 0 Å². The van der Waals surface area contributed by atoms with Crippen molar-refractivity contribution in [1.29, 1.82) is 0 Å². The zero-order valence-corrected chi connectivity index (χ0v) is 17.0. The summed E-state index contributed by atoms with van der Waals surface area (Å²) >= 11 is 0. The van der Waals surface area contributed by atoms with E-state index in [1.165, 1.54) is 6.21 Å². The summed E-state index contributed by atoms with van der Waals surface area (Å²) in [4.78, 5) is 12.0. The van der Waals surface area contributed by atoms with Gasteiger partial charge in [-0.1, -0.05) is 42.5 Å². The lowest BCUT2D eigenvalue weighted by molar-refractivity contribution is -0.138. The van der Waals surface area contributed by atoms with Crippen molar-refractivity contribution < 1.29 is 19.8 Å². The van der Waals surface area contributed by atoms with Crippen LogP contribution in [-0.4, -0.2) is 41.7 Å². The van der Waals surface area contributed by atoms with Gasteiger partial charge in [0.05, 0.1) is 12.1 Å². The molecule has 31 heavy (non-hydrogen) atoms. The molecular weight excluding hydrogens is 394 g/mol. The van der Waals surface area contributed by atoms with Crippen molar-refractivity contribution in [2.24, 2.45) is 5.10 Å². The van der Waals surface area contributed by atoms with E-state index >= 15 is 0 Å². The third-order valence-corrected chi connectivity index (χ3v) is 5.54. The standard InChI is InChI=1S/C24H25N3O4/c28-24(29)23(19-5-7-21(8-6-19)31-22-9-10-25-15-22)13-16-1-3-18-4-2-17(14-26-27-30)12-20(18)11-16/h1-8,11-12,14,22-23,25,27,30H,9-10,13,15H2,(H,28,29)/t22-,23-/m0/s1. The Hall–Kier alpha value is -3.42. The summed E-state index contributed by atoms with van der Waals surface area (Å²) in [6.07, 6.45) is 3.04. The topological polar surface area (TPSA) is 103 Å². The van der Waals surface area contributed by atoms with E-state index in [-0.39, 0.29) is 6.10 Å². The van der Waals surface area contributed by atoms with E-state index in [4.69, 9.17) is 9.94 Å². The molecule has 0 aliphatic carbocycles. The second-order valence-corrected chi connectivity index (χ2v) is 7.70. The molecule has 0 saturated carbocycles. The number of benzene rings is 3. The minimum absolute atomic E-state index is 0.168. The first kappa shape index (κ1) is 20.8.